The fraction of sp³-hybridized carbons (Fsp3) is 0.250. The summed E-state index contributed by atoms with van der Waals surface area (Å²) >= 11 is 0. The van der Waals surface area contributed by atoms with Crippen molar-refractivity contribution in [2.75, 3.05) is 24.8 Å². The summed E-state index contributed by atoms with van der Waals surface area (Å²) in [5.74, 6) is 0.597. The van der Waals surface area contributed by atoms with Gasteiger partial charge in [-0.05, 0) is 36.4 Å². The normalized spacial score (nSPS) is 16.6. The van der Waals surface area contributed by atoms with Crippen LogP contribution in [0.1, 0.15) is 17.5 Å². The van der Waals surface area contributed by atoms with Crippen LogP contribution < -0.4 is 4.90 Å². The van der Waals surface area contributed by atoms with E-state index in [-0.39, 0.29) is 6.23 Å². The summed E-state index contributed by atoms with van der Waals surface area (Å²) < 4.78 is 29.1. The Morgan fingerprint density at radius 3 is 2.54 bits per heavy atom. The number of aromatic nitrogens is 3. The van der Waals surface area contributed by atoms with Crippen molar-refractivity contribution in [3.63, 3.8) is 0 Å². The fourth-order valence-electron chi connectivity index (χ4n) is 3.37. The first kappa shape index (κ1) is 18.5. The second-order valence-corrected chi connectivity index (χ2v) is 8.62. The molecule has 0 spiro atoms. The number of ether oxygens (including phenoxy) is 1. The number of rotatable bonds is 4. The van der Waals surface area contributed by atoms with E-state index in [1.165, 1.54) is 6.26 Å². The molecule has 0 aliphatic carbocycles. The van der Waals surface area contributed by atoms with Gasteiger partial charge in [-0.25, -0.2) is 18.4 Å². The van der Waals surface area contributed by atoms with Crippen LogP contribution in [0.4, 0.5) is 5.69 Å². The van der Waals surface area contributed by atoms with E-state index in [0.717, 1.165) is 29.1 Å². The molecule has 1 aliphatic rings. The maximum absolute atomic E-state index is 11.7. The van der Waals surface area contributed by atoms with E-state index >= 15 is 0 Å². The predicted molar refractivity (Wildman–Crippen MR) is 106 cm³/mol. The molecule has 0 bridgehead atoms. The molecule has 2 aromatic heterocycles. The van der Waals surface area contributed by atoms with Crippen LogP contribution in [-0.2, 0) is 21.0 Å². The summed E-state index contributed by atoms with van der Waals surface area (Å²) in [6.07, 6.45) is 5.10. The van der Waals surface area contributed by atoms with Gasteiger partial charge in [0.2, 0.25) is 0 Å². The summed E-state index contributed by atoms with van der Waals surface area (Å²) in [4.78, 5) is 15.9. The summed E-state index contributed by atoms with van der Waals surface area (Å²) in [7, 11) is -1.58. The molecule has 0 saturated carbocycles. The molecule has 144 valence electrons. The zero-order valence-corrected chi connectivity index (χ0v) is 16.4. The molecular formula is C20H20N4O3S. The highest BCUT2D eigenvalue weighted by atomic mass is 32.2. The Bertz CT molecular complexity index is 1090. The van der Waals surface area contributed by atoms with Gasteiger partial charge in [0.25, 0.3) is 0 Å². The molecule has 3 heterocycles. The van der Waals surface area contributed by atoms with E-state index in [9.17, 15) is 8.42 Å². The Morgan fingerprint density at radius 1 is 1.11 bits per heavy atom. The Labute approximate surface area is 164 Å². The number of methoxy groups -OCH3 is 1. The number of benzene rings is 1. The SMILES string of the molecule is COC1c2cnc(-c3ccccn3)nc2CCN1c1ccc(S(C)(=O)=O)cc1. The van der Waals surface area contributed by atoms with Gasteiger partial charge in [0.05, 0.1) is 10.6 Å². The molecule has 1 aromatic carbocycles. The smallest absolute Gasteiger partial charge is 0.178 e. The summed E-state index contributed by atoms with van der Waals surface area (Å²) in [6.45, 7) is 0.697. The zero-order chi connectivity index (χ0) is 19.7. The van der Waals surface area contributed by atoms with E-state index in [4.69, 9.17) is 9.72 Å². The molecule has 0 saturated heterocycles. The minimum absolute atomic E-state index is 0.297. The molecule has 0 amide bonds. The van der Waals surface area contributed by atoms with Gasteiger partial charge in [-0.1, -0.05) is 6.07 Å². The average Bonchev–Trinajstić information content (AvgIpc) is 2.72. The molecule has 0 N–H and O–H groups in total. The van der Waals surface area contributed by atoms with Gasteiger partial charge >= 0.3 is 0 Å². The Balaban J connectivity index is 1.66. The van der Waals surface area contributed by atoms with Crippen molar-refractivity contribution < 1.29 is 13.2 Å². The van der Waals surface area contributed by atoms with Crippen molar-refractivity contribution in [3.05, 3.63) is 66.1 Å². The van der Waals surface area contributed by atoms with Crippen molar-refractivity contribution >= 4 is 15.5 Å². The second kappa shape index (κ2) is 7.29. The van der Waals surface area contributed by atoms with Crippen molar-refractivity contribution in [1.29, 1.82) is 0 Å². The van der Waals surface area contributed by atoms with Crippen molar-refractivity contribution in [2.45, 2.75) is 17.5 Å². The number of anilines is 1. The molecule has 4 rings (SSSR count). The quantitative estimate of drug-likeness (QED) is 0.670. The number of pyridine rings is 1. The number of fused-ring (bicyclic) bond motifs is 1. The Morgan fingerprint density at radius 2 is 1.89 bits per heavy atom. The molecule has 1 aliphatic heterocycles. The van der Waals surface area contributed by atoms with Crippen molar-refractivity contribution in [3.8, 4) is 11.5 Å². The molecule has 0 fully saturated rings. The highest BCUT2D eigenvalue weighted by molar-refractivity contribution is 7.90. The summed E-state index contributed by atoms with van der Waals surface area (Å²) in [5.41, 5.74) is 3.46. The minimum Gasteiger partial charge on any atom is -0.357 e. The first-order valence-electron chi connectivity index (χ1n) is 8.84. The lowest BCUT2D eigenvalue weighted by Crippen LogP contribution is -2.37. The first-order valence-corrected chi connectivity index (χ1v) is 10.7. The van der Waals surface area contributed by atoms with Gasteiger partial charge in [0.1, 0.15) is 5.69 Å². The molecule has 7 nitrogen and oxygen atoms in total. The third-order valence-electron chi connectivity index (χ3n) is 4.75. The van der Waals surface area contributed by atoms with Crippen LogP contribution in [0.3, 0.4) is 0 Å². The van der Waals surface area contributed by atoms with Gasteiger partial charge in [0.15, 0.2) is 21.9 Å². The fourth-order valence-corrected chi connectivity index (χ4v) is 4.00. The number of hydrogen-bond donors (Lipinski definition) is 0. The van der Waals surface area contributed by atoms with Crippen molar-refractivity contribution in [2.24, 2.45) is 0 Å². The number of nitrogens with zero attached hydrogens (tertiary/aromatic N) is 4. The third kappa shape index (κ3) is 3.48. The van der Waals surface area contributed by atoms with E-state index in [1.54, 1.807) is 43.8 Å². The Hall–Kier alpha value is -2.84. The lowest BCUT2D eigenvalue weighted by molar-refractivity contribution is 0.0933. The summed E-state index contributed by atoms with van der Waals surface area (Å²) in [5, 5.41) is 0. The van der Waals surface area contributed by atoms with Crippen LogP contribution in [0.15, 0.2) is 59.8 Å². The van der Waals surface area contributed by atoms with E-state index < -0.39 is 9.84 Å². The Kier molecular flexibility index (Phi) is 4.82. The topological polar surface area (TPSA) is 85.3 Å². The average molecular weight is 396 g/mol. The van der Waals surface area contributed by atoms with Gasteiger partial charge < -0.3 is 9.64 Å². The van der Waals surface area contributed by atoms with Crippen LogP contribution in [0, 0.1) is 0 Å². The van der Waals surface area contributed by atoms with Gasteiger partial charge in [-0.15, -0.1) is 0 Å². The maximum atomic E-state index is 11.7. The zero-order valence-electron chi connectivity index (χ0n) is 15.6. The number of sulfone groups is 1. The lowest BCUT2D eigenvalue weighted by atomic mass is 10.0. The van der Waals surface area contributed by atoms with E-state index in [2.05, 4.69) is 14.9 Å². The van der Waals surface area contributed by atoms with Gasteiger partial charge in [-0.3, -0.25) is 4.98 Å². The first-order chi connectivity index (χ1) is 13.5. The van der Waals surface area contributed by atoms with Gasteiger partial charge in [0, 0.05) is 50.0 Å². The number of hydrogen-bond acceptors (Lipinski definition) is 7. The monoisotopic (exact) mass is 396 g/mol. The predicted octanol–water partition coefficient (Wildman–Crippen LogP) is 2.65. The lowest BCUT2D eigenvalue weighted by Gasteiger charge is -2.37. The van der Waals surface area contributed by atoms with Crippen LogP contribution in [0.25, 0.3) is 11.5 Å². The van der Waals surface area contributed by atoms with Crippen molar-refractivity contribution in [1.82, 2.24) is 15.0 Å². The second-order valence-electron chi connectivity index (χ2n) is 6.61. The summed E-state index contributed by atoms with van der Waals surface area (Å²) in [6, 6.07) is 12.5. The highest BCUT2D eigenvalue weighted by Crippen LogP contribution is 2.34. The molecule has 8 heteroatoms. The van der Waals surface area contributed by atoms with Gasteiger partial charge in [-0.2, -0.15) is 0 Å². The van der Waals surface area contributed by atoms with Crippen LogP contribution >= 0.6 is 0 Å². The molecule has 28 heavy (non-hydrogen) atoms. The molecule has 0 radical (unpaired) electrons. The highest BCUT2D eigenvalue weighted by Gasteiger charge is 2.29. The standard InChI is InChI=1S/C20H20N4O3S/c1-27-20-16-13-22-19(18-5-3-4-11-21-18)23-17(16)10-12-24(20)14-6-8-15(9-7-14)28(2,25)26/h3-9,11,13,20H,10,12H2,1-2H3. The minimum atomic E-state index is -3.22. The van der Waals surface area contributed by atoms with E-state index in [1.807, 2.05) is 18.2 Å². The maximum Gasteiger partial charge on any atom is 0.178 e. The largest absolute Gasteiger partial charge is 0.357 e. The molecular weight excluding hydrogens is 376 g/mol. The van der Waals surface area contributed by atoms with Crippen LogP contribution in [0.2, 0.25) is 0 Å². The molecule has 3 aromatic rings. The van der Waals surface area contributed by atoms with Crippen LogP contribution in [0.5, 0.6) is 0 Å². The van der Waals surface area contributed by atoms with Crippen LogP contribution in [-0.4, -0.2) is 43.3 Å². The molecule has 1 unspecified atom stereocenters. The molecule has 1 atom stereocenters. The van der Waals surface area contributed by atoms with E-state index in [0.29, 0.717) is 17.3 Å². The third-order valence-corrected chi connectivity index (χ3v) is 5.88.